The van der Waals surface area contributed by atoms with Crippen LogP contribution >= 0.6 is 0 Å². The maximum atomic E-state index is 12.7. The third-order valence-corrected chi connectivity index (χ3v) is 4.90. The number of nitrogens with zero attached hydrogens (tertiary/aromatic N) is 2. The number of aliphatic hydroxyl groups is 1. The van der Waals surface area contributed by atoms with Crippen LogP contribution in [0.5, 0.6) is 0 Å². The summed E-state index contributed by atoms with van der Waals surface area (Å²) in [6, 6.07) is 16.4. The number of carbonyl (C=O) groups is 2. The molecular formula is C20H20N4O3. The Morgan fingerprint density at radius 3 is 2.74 bits per heavy atom. The van der Waals surface area contributed by atoms with E-state index in [1.807, 2.05) is 54.6 Å². The van der Waals surface area contributed by atoms with Crippen molar-refractivity contribution in [1.82, 2.24) is 15.5 Å². The van der Waals surface area contributed by atoms with E-state index in [1.165, 1.54) is 0 Å². The summed E-state index contributed by atoms with van der Waals surface area (Å²) < 4.78 is 0. The monoisotopic (exact) mass is 364 g/mol. The molecule has 1 aliphatic rings. The lowest BCUT2D eigenvalue weighted by molar-refractivity contribution is -0.127. The number of rotatable bonds is 5. The molecule has 2 aromatic carbocycles. The predicted molar refractivity (Wildman–Crippen MR) is 101 cm³/mol. The molecule has 0 aliphatic carbocycles. The number of hydrogen-bond donors (Lipinski definition) is 3. The molecule has 0 unspecified atom stereocenters. The van der Waals surface area contributed by atoms with Crippen molar-refractivity contribution >= 4 is 28.5 Å². The summed E-state index contributed by atoms with van der Waals surface area (Å²) >= 11 is 0. The minimum Gasteiger partial charge on any atom is -0.394 e. The molecule has 0 radical (unpaired) electrons. The van der Waals surface area contributed by atoms with Crippen LogP contribution in [0.25, 0.3) is 10.9 Å². The molecular weight excluding hydrogens is 344 g/mol. The molecule has 7 nitrogen and oxygen atoms in total. The minimum absolute atomic E-state index is 0.125. The van der Waals surface area contributed by atoms with Crippen LogP contribution in [0.1, 0.15) is 18.0 Å². The fraction of sp³-hybridized carbons (Fsp3) is 0.250. The molecule has 1 saturated heterocycles. The Labute approximate surface area is 156 Å². The first-order valence-electron chi connectivity index (χ1n) is 8.87. The van der Waals surface area contributed by atoms with Gasteiger partial charge in [0.15, 0.2) is 5.82 Å². The van der Waals surface area contributed by atoms with Crippen LogP contribution in [-0.4, -0.2) is 40.3 Å². The maximum absolute atomic E-state index is 12.7. The van der Waals surface area contributed by atoms with Crippen molar-refractivity contribution in [3.05, 3.63) is 60.2 Å². The Hall–Kier alpha value is -3.19. The van der Waals surface area contributed by atoms with Crippen LogP contribution in [0.4, 0.5) is 5.82 Å². The molecule has 1 fully saturated rings. The van der Waals surface area contributed by atoms with Crippen LogP contribution in [0.2, 0.25) is 0 Å². The van der Waals surface area contributed by atoms with E-state index >= 15 is 0 Å². The van der Waals surface area contributed by atoms with Crippen molar-refractivity contribution in [3.63, 3.8) is 0 Å². The van der Waals surface area contributed by atoms with E-state index in [0.29, 0.717) is 5.82 Å². The molecule has 2 atom stereocenters. The van der Waals surface area contributed by atoms with Gasteiger partial charge in [-0.25, -0.2) is 0 Å². The van der Waals surface area contributed by atoms with Crippen molar-refractivity contribution in [2.75, 3.05) is 18.1 Å². The molecule has 0 saturated carbocycles. The SMILES string of the molecule is O=C(N[C@H](CO)c1ccccc1)[C@@H]1CC(=O)N(c2n[nH]c3ccccc23)C1. The summed E-state index contributed by atoms with van der Waals surface area (Å²) in [7, 11) is 0. The molecule has 1 aliphatic heterocycles. The van der Waals surface area contributed by atoms with Gasteiger partial charge in [0, 0.05) is 18.4 Å². The number of fused-ring (bicyclic) bond motifs is 1. The predicted octanol–water partition coefficient (Wildman–Crippen LogP) is 1.77. The Bertz CT molecular complexity index is 970. The summed E-state index contributed by atoms with van der Waals surface area (Å²) in [6.07, 6.45) is 0.125. The van der Waals surface area contributed by atoms with Gasteiger partial charge in [-0.2, -0.15) is 5.10 Å². The van der Waals surface area contributed by atoms with Crippen molar-refractivity contribution in [2.24, 2.45) is 5.92 Å². The molecule has 1 aromatic heterocycles. The smallest absolute Gasteiger partial charge is 0.229 e. The van der Waals surface area contributed by atoms with Gasteiger partial charge in [-0.3, -0.25) is 19.6 Å². The first-order chi connectivity index (χ1) is 13.2. The zero-order valence-electron chi connectivity index (χ0n) is 14.6. The quantitative estimate of drug-likeness (QED) is 0.642. The maximum Gasteiger partial charge on any atom is 0.229 e. The summed E-state index contributed by atoms with van der Waals surface area (Å²) in [5.74, 6) is -0.306. The van der Waals surface area contributed by atoms with E-state index in [4.69, 9.17) is 0 Å². The summed E-state index contributed by atoms with van der Waals surface area (Å²) in [6.45, 7) is 0.0661. The number of hydrogen-bond acceptors (Lipinski definition) is 4. The fourth-order valence-corrected chi connectivity index (χ4v) is 3.45. The Morgan fingerprint density at radius 2 is 1.96 bits per heavy atom. The van der Waals surface area contributed by atoms with Gasteiger partial charge in [0.2, 0.25) is 11.8 Å². The summed E-state index contributed by atoms with van der Waals surface area (Å²) in [4.78, 5) is 26.7. The molecule has 0 spiro atoms. The first kappa shape index (κ1) is 17.2. The third-order valence-electron chi connectivity index (χ3n) is 4.90. The highest BCUT2D eigenvalue weighted by molar-refractivity contribution is 6.05. The number of carbonyl (C=O) groups excluding carboxylic acids is 2. The molecule has 3 N–H and O–H groups in total. The van der Waals surface area contributed by atoms with Gasteiger partial charge in [0.25, 0.3) is 0 Å². The lowest BCUT2D eigenvalue weighted by Gasteiger charge is -2.19. The second-order valence-electron chi connectivity index (χ2n) is 6.65. The van der Waals surface area contributed by atoms with Crippen molar-refractivity contribution in [2.45, 2.75) is 12.5 Å². The van der Waals surface area contributed by atoms with E-state index in [0.717, 1.165) is 16.5 Å². The molecule has 2 amide bonds. The van der Waals surface area contributed by atoms with Gasteiger partial charge in [0.05, 0.1) is 24.1 Å². The number of para-hydroxylation sites is 1. The normalized spacial score (nSPS) is 18.0. The number of nitrogens with one attached hydrogen (secondary N) is 2. The Kier molecular flexibility index (Phi) is 4.60. The average Bonchev–Trinajstić information content (AvgIpc) is 3.30. The van der Waals surface area contributed by atoms with Gasteiger partial charge in [-0.15, -0.1) is 0 Å². The molecule has 2 heterocycles. The van der Waals surface area contributed by atoms with Crippen LogP contribution in [0.15, 0.2) is 54.6 Å². The number of amides is 2. The highest BCUT2D eigenvalue weighted by Gasteiger charge is 2.37. The van der Waals surface area contributed by atoms with E-state index < -0.39 is 12.0 Å². The lowest BCUT2D eigenvalue weighted by Crippen LogP contribution is -2.37. The zero-order chi connectivity index (χ0) is 18.8. The van der Waals surface area contributed by atoms with Crippen molar-refractivity contribution in [3.8, 4) is 0 Å². The third kappa shape index (κ3) is 3.29. The molecule has 138 valence electrons. The number of aliphatic hydroxyl groups excluding tert-OH is 1. The fourth-order valence-electron chi connectivity index (χ4n) is 3.45. The van der Waals surface area contributed by atoms with Crippen molar-refractivity contribution < 1.29 is 14.7 Å². The zero-order valence-corrected chi connectivity index (χ0v) is 14.6. The number of aromatic amines is 1. The van der Waals surface area contributed by atoms with Gasteiger partial charge in [-0.05, 0) is 17.7 Å². The molecule has 7 heteroatoms. The van der Waals surface area contributed by atoms with Gasteiger partial charge in [0.1, 0.15) is 0 Å². The van der Waals surface area contributed by atoms with E-state index in [-0.39, 0.29) is 31.4 Å². The average molecular weight is 364 g/mol. The van der Waals surface area contributed by atoms with Crippen LogP contribution < -0.4 is 10.2 Å². The second-order valence-corrected chi connectivity index (χ2v) is 6.65. The highest BCUT2D eigenvalue weighted by Crippen LogP contribution is 2.30. The number of aromatic nitrogens is 2. The number of H-pyrrole nitrogens is 1. The molecule has 27 heavy (non-hydrogen) atoms. The van der Waals surface area contributed by atoms with E-state index in [2.05, 4.69) is 15.5 Å². The lowest BCUT2D eigenvalue weighted by atomic mass is 10.0. The van der Waals surface area contributed by atoms with Crippen molar-refractivity contribution in [1.29, 1.82) is 0 Å². The molecule has 4 rings (SSSR count). The Balaban J connectivity index is 1.49. The summed E-state index contributed by atoms with van der Waals surface area (Å²) in [5.41, 5.74) is 1.67. The van der Waals surface area contributed by atoms with Gasteiger partial charge < -0.3 is 10.4 Å². The van der Waals surface area contributed by atoms with E-state index in [1.54, 1.807) is 4.90 Å². The van der Waals surface area contributed by atoms with Gasteiger partial charge in [-0.1, -0.05) is 42.5 Å². The minimum atomic E-state index is -0.492. The standard InChI is InChI=1S/C20H20N4O3/c25-12-17(13-6-2-1-3-7-13)21-20(27)14-10-18(26)24(11-14)19-15-8-4-5-9-16(15)22-23-19/h1-9,14,17,25H,10-12H2,(H,21,27)(H,22,23)/t14-,17-/m1/s1. The molecule has 0 bridgehead atoms. The van der Waals surface area contributed by atoms with E-state index in [9.17, 15) is 14.7 Å². The second kappa shape index (κ2) is 7.20. The number of anilines is 1. The first-order valence-corrected chi connectivity index (χ1v) is 8.87. The number of benzene rings is 2. The van der Waals surface area contributed by atoms with Crippen LogP contribution in [-0.2, 0) is 9.59 Å². The largest absolute Gasteiger partial charge is 0.394 e. The highest BCUT2D eigenvalue weighted by atomic mass is 16.3. The molecule has 3 aromatic rings. The topological polar surface area (TPSA) is 98.3 Å². The van der Waals surface area contributed by atoms with Crippen LogP contribution in [0, 0.1) is 5.92 Å². The van der Waals surface area contributed by atoms with Crippen LogP contribution in [0.3, 0.4) is 0 Å². The summed E-state index contributed by atoms with van der Waals surface area (Å²) in [5, 5.41) is 20.5. The van der Waals surface area contributed by atoms with Gasteiger partial charge >= 0.3 is 0 Å². The Morgan fingerprint density at radius 1 is 1.22 bits per heavy atom.